The van der Waals surface area contributed by atoms with Gasteiger partial charge in [0.25, 0.3) is 0 Å². The van der Waals surface area contributed by atoms with Crippen LogP contribution in [-0.4, -0.2) is 32.7 Å². The van der Waals surface area contributed by atoms with Gasteiger partial charge in [0.1, 0.15) is 5.75 Å². The second-order valence-electron chi connectivity index (χ2n) is 7.17. The van der Waals surface area contributed by atoms with Crippen molar-refractivity contribution in [2.75, 3.05) is 12.4 Å². The van der Waals surface area contributed by atoms with Gasteiger partial charge in [-0.25, -0.2) is 4.98 Å². The highest BCUT2D eigenvalue weighted by molar-refractivity contribution is 7.98. The van der Waals surface area contributed by atoms with Crippen molar-refractivity contribution >= 4 is 23.4 Å². The highest BCUT2D eigenvalue weighted by Crippen LogP contribution is 2.25. The normalized spacial score (nSPS) is 10.8. The summed E-state index contributed by atoms with van der Waals surface area (Å²) in [4.78, 5) is 21.1. The Morgan fingerprint density at radius 2 is 2.03 bits per heavy atom. The summed E-state index contributed by atoms with van der Waals surface area (Å²) >= 11 is 1.49. The number of para-hydroxylation sites is 2. The van der Waals surface area contributed by atoms with Crippen molar-refractivity contribution in [2.24, 2.45) is 0 Å². The van der Waals surface area contributed by atoms with Crippen LogP contribution in [-0.2, 0) is 17.0 Å². The van der Waals surface area contributed by atoms with E-state index in [1.165, 1.54) is 22.9 Å². The topological polar surface area (TPSA) is 95.1 Å². The first-order chi connectivity index (χ1) is 15.5. The molecule has 32 heavy (non-hydrogen) atoms. The van der Waals surface area contributed by atoms with Crippen molar-refractivity contribution in [3.05, 3.63) is 77.7 Å². The SMILES string of the molecule is COc1ccccc1NC(=O)Cc1noc(CSc2nccn2-c2ccc(C)c(C)c2)n1. The number of hydrogen-bond acceptors (Lipinski definition) is 7. The summed E-state index contributed by atoms with van der Waals surface area (Å²) in [6.45, 7) is 4.18. The number of nitrogens with one attached hydrogen (secondary N) is 1. The number of carbonyl (C=O) groups excluding carboxylic acids is 1. The lowest BCUT2D eigenvalue weighted by atomic mass is 10.1. The average Bonchev–Trinajstić information content (AvgIpc) is 3.44. The zero-order chi connectivity index (χ0) is 22.5. The zero-order valence-corrected chi connectivity index (χ0v) is 18.8. The molecule has 0 atom stereocenters. The van der Waals surface area contributed by atoms with Crippen molar-refractivity contribution in [2.45, 2.75) is 31.2 Å². The maximum Gasteiger partial charge on any atom is 0.237 e. The second kappa shape index (κ2) is 9.69. The molecule has 164 valence electrons. The van der Waals surface area contributed by atoms with E-state index in [2.05, 4.69) is 52.5 Å². The number of thioether (sulfide) groups is 1. The second-order valence-corrected chi connectivity index (χ2v) is 8.11. The smallest absolute Gasteiger partial charge is 0.237 e. The molecule has 0 fully saturated rings. The molecule has 0 spiro atoms. The molecule has 4 rings (SSSR count). The third-order valence-electron chi connectivity index (χ3n) is 4.91. The van der Waals surface area contributed by atoms with Gasteiger partial charge in [-0.2, -0.15) is 4.98 Å². The fraction of sp³-hybridized carbons (Fsp3) is 0.217. The first kappa shape index (κ1) is 21.6. The van der Waals surface area contributed by atoms with Crippen molar-refractivity contribution in [3.63, 3.8) is 0 Å². The molecule has 1 amide bonds. The number of aryl methyl sites for hydroxylation is 2. The Balaban J connectivity index is 1.37. The molecule has 2 aromatic heterocycles. The number of methoxy groups -OCH3 is 1. The van der Waals surface area contributed by atoms with Crippen LogP contribution in [0.5, 0.6) is 5.75 Å². The number of aromatic nitrogens is 4. The summed E-state index contributed by atoms with van der Waals surface area (Å²) in [5.74, 6) is 1.54. The van der Waals surface area contributed by atoms with E-state index in [4.69, 9.17) is 9.26 Å². The highest BCUT2D eigenvalue weighted by Gasteiger charge is 2.14. The number of carbonyl (C=O) groups is 1. The minimum atomic E-state index is -0.250. The molecule has 0 radical (unpaired) electrons. The quantitative estimate of drug-likeness (QED) is 0.400. The molecule has 0 bridgehead atoms. The molecular formula is C23H23N5O3S. The number of hydrogen-bond donors (Lipinski definition) is 1. The van der Waals surface area contributed by atoms with Crippen molar-refractivity contribution in [1.82, 2.24) is 19.7 Å². The Morgan fingerprint density at radius 1 is 1.19 bits per heavy atom. The fourth-order valence-corrected chi connectivity index (χ4v) is 3.91. The lowest BCUT2D eigenvalue weighted by Crippen LogP contribution is -2.15. The molecule has 0 aliphatic heterocycles. The largest absolute Gasteiger partial charge is 0.495 e. The van der Waals surface area contributed by atoms with Gasteiger partial charge in [-0.05, 0) is 49.2 Å². The van der Waals surface area contributed by atoms with Crippen molar-refractivity contribution in [3.8, 4) is 11.4 Å². The summed E-state index contributed by atoms with van der Waals surface area (Å²) in [6.07, 6.45) is 3.69. The average molecular weight is 450 g/mol. The van der Waals surface area contributed by atoms with Crippen LogP contribution in [0.2, 0.25) is 0 Å². The van der Waals surface area contributed by atoms with Gasteiger partial charge in [0.15, 0.2) is 11.0 Å². The standard InChI is InChI=1S/C23H23N5O3S/c1-15-8-9-17(12-16(15)2)28-11-10-24-23(28)32-14-22-26-20(27-31-22)13-21(29)25-18-6-4-5-7-19(18)30-3/h4-12H,13-14H2,1-3H3,(H,25,29). The molecule has 0 saturated carbocycles. The number of anilines is 1. The first-order valence-electron chi connectivity index (χ1n) is 10.0. The van der Waals surface area contributed by atoms with Crippen molar-refractivity contribution in [1.29, 1.82) is 0 Å². The summed E-state index contributed by atoms with van der Waals surface area (Å²) in [5.41, 5.74) is 4.11. The Morgan fingerprint density at radius 3 is 2.84 bits per heavy atom. The number of imidazole rings is 1. The van der Waals surface area contributed by atoms with Gasteiger partial charge >= 0.3 is 0 Å². The summed E-state index contributed by atoms with van der Waals surface area (Å²) in [7, 11) is 1.55. The molecule has 0 aliphatic rings. The van der Waals surface area contributed by atoms with E-state index >= 15 is 0 Å². The molecule has 0 saturated heterocycles. The molecule has 9 heteroatoms. The van der Waals surface area contributed by atoms with Crippen LogP contribution in [0, 0.1) is 13.8 Å². The Labute approximate surface area is 190 Å². The van der Waals surface area contributed by atoms with E-state index in [1.807, 2.05) is 22.9 Å². The lowest BCUT2D eigenvalue weighted by Gasteiger charge is -2.09. The molecule has 4 aromatic rings. The molecule has 0 unspecified atom stereocenters. The highest BCUT2D eigenvalue weighted by atomic mass is 32.2. The summed E-state index contributed by atoms with van der Waals surface area (Å²) in [5, 5.41) is 7.55. The predicted octanol–water partition coefficient (Wildman–Crippen LogP) is 4.35. The fourth-order valence-electron chi connectivity index (χ4n) is 3.10. The van der Waals surface area contributed by atoms with E-state index in [0.29, 0.717) is 28.9 Å². The maximum absolute atomic E-state index is 12.3. The van der Waals surface area contributed by atoms with E-state index in [1.54, 1.807) is 25.4 Å². The summed E-state index contributed by atoms with van der Waals surface area (Å²) < 4.78 is 12.6. The van der Waals surface area contributed by atoms with E-state index in [9.17, 15) is 4.79 Å². The minimum absolute atomic E-state index is 0.00346. The minimum Gasteiger partial charge on any atom is -0.495 e. The van der Waals surface area contributed by atoms with Crippen LogP contribution in [0.3, 0.4) is 0 Å². The van der Waals surface area contributed by atoms with Crippen molar-refractivity contribution < 1.29 is 14.1 Å². The molecule has 8 nitrogen and oxygen atoms in total. The number of benzene rings is 2. The Kier molecular flexibility index (Phi) is 6.55. The maximum atomic E-state index is 12.3. The monoisotopic (exact) mass is 449 g/mol. The number of ether oxygens (including phenoxy) is 1. The van der Waals surface area contributed by atoms with E-state index in [-0.39, 0.29) is 12.3 Å². The van der Waals surface area contributed by atoms with Gasteiger partial charge in [-0.3, -0.25) is 9.36 Å². The van der Waals surface area contributed by atoms with Gasteiger partial charge in [-0.1, -0.05) is 35.1 Å². The van der Waals surface area contributed by atoms with Crippen LogP contribution in [0.15, 0.2) is 64.5 Å². The molecule has 1 N–H and O–H groups in total. The molecule has 2 heterocycles. The number of nitrogens with zero attached hydrogens (tertiary/aromatic N) is 4. The van der Waals surface area contributed by atoms with Crippen LogP contribution in [0.1, 0.15) is 22.8 Å². The van der Waals surface area contributed by atoms with Gasteiger partial charge in [0, 0.05) is 18.1 Å². The first-order valence-corrected chi connectivity index (χ1v) is 11.0. The zero-order valence-electron chi connectivity index (χ0n) is 18.0. The third-order valence-corrected chi connectivity index (χ3v) is 5.86. The van der Waals surface area contributed by atoms with Crippen LogP contribution in [0.4, 0.5) is 5.69 Å². The van der Waals surface area contributed by atoms with E-state index in [0.717, 1.165) is 10.8 Å². The van der Waals surface area contributed by atoms with E-state index < -0.39 is 0 Å². The molecule has 2 aromatic carbocycles. The molecular weight excluding hydrogens is 426 g/mol. The van der Waals surface area contributed by atoms with Crippen LogP contribution in [0.25, 0.3) is 5.69 Å². The third kappa shape index (κ3) is 5.00. The summed E-state index contributed by atoms with van der Waals surface area (Å²) in [6, 6.07) is 13.5. The number of rotatable bonds is 8. The van der Waals surface area contributed by atoms with Crippen LogP contribution >= 0.6 is 11.8 Å². The number of amides is 1. The van der Waals surface area contributed by atoms with Gasteiger partial charge in [0.05, 0.1) is 25.0 Å². The Bertz CT molecular complexity index is 1230. The predicted molar refractivity (Wildman–Crippen MR) is 122 cm³/mol. The van der Waals surface area contributed by atoms with Gasteiger partial charge < -0.3 is 14.6 Å². The molecule has 0 aliphatic carbocycles. The van der Waals surface area contributed by atoms with Gasteiger partial charge in [0.2, 0.25) is 11.8 Å². The lowest BCUT2D eigenvalue weighted by molar-refractivity contribution is -0.115. The Hall–Kier alpha value is -3.59. The van der Waals surface area contributed by atoms with Gasteiger partial charge in [-0.15, -0.1) is 0 Å². The van der Waals surface area contributed by atoms with Crippen LogP contribution < -0.4 is 10.1 Å².